The molecule has 0 saturated carbocycles. The number of nitrogens with one attached hydrogen (secondary N) is 1. The fourth-order valence-electron chi connectivity index (χ4n) is 3.28. The summed E-state index contributed by atoms with van der Waals surface area (Å²) in [6.07, 6.45) is 6.61. The summed E-state index contributed by atoms with van der Waals surface area (Å²) in [5, 5.41) is 7.07. The molecule has 0 aliphatic heterocycles. The van der Waals surface area contributed by atoms with Gasteiger partial charge in [0.25, 0.3) is 0 Å². The van der Waals surface area contributed by atoms with E-state index in [4.69, 9.17) is 10.5 Å². The fraction of sp³-hybridized carbons (Fsp3) is 0.0800. The predicted octanol–water partition coefficient (Wildman–Crippen LogP) is 4.88. The molecule has 4 rings (SSSR count). The number of benzene rings is 1. The highest BCUT2D eigenvalue weighted by molar-refractivity contribution is 7.08. The lowest BCUT2D eigenvalue weighted by Crippen LogP contribution is -2.35. The fourth-order valence-corrected chi connectivity index (χ4v) is 4.12. The van der Waals surface area contributed by atoms with Crippen molar-refractivity contribution in [3.05, 3.63) is 101 Å². The largest absolute Gasteiger partial charge is 0.495 e. The number of methoxy groups -OCH3 is 1. The van der Waals surface area contributed by atoms with E-state index in [2.05, 4.69) is 15.3 Å². The average Bonchev–Trinajstić information content (AvgIpc) is 3.33. The second-order valence-corrected chi connectivity index (χ2v) is 7.76. The summed E-state index contributed by atoms with van der Waals surface area (Å²) in [4.78, 5) is 22.2. The molecule has 3 heterocycles. The molecule has 4 aromatic rings. The Balaban J connectivity index is 1.73. The van der Waals surface area contributed by atoms with Crippen molar-refractivity contribution >= 4 is 28.9 Å². The highest BCUT2D eigenvalue weighted by atomic mass is 32.1. The van der Waals surface area contributed by atoms with Crippen LogP contribution in [0.2, 0.25) is 0 Å². The quantitative estimate of drug-likeness (QED) is 0.378. The number of ketones is 1. The summed E-state index contributed by atoms with van der Waals surface area (Å²) >= 11 is 1.48. The number of anilines is 1. The summed E-state index contributed by atoms with van der Waals surface area (Å²) in [5.41, 5.74) is 10.6. The molecule has 0 aliphatic rings. The Bertz CT molecular complexity index is 1220. The molecule has 0 saturated heterocycles. The first-order valence-electron chi connectivity index (χ1n) is 9.95. The van der Waals surface area contributed by atoms with E-state index in [1.54, 1.807) is 37.8 Å². The third kappa shape index (κ3) is 4.84. The van der Waals surface area contributed by atoms with E-state index >= 15 is 0 Å². The number of carbonyl (C=O) groups excluding carboxylic acids is 1. The van der Waals surface area contributed by atoms with Crippen molar-refractivity contribution in [1.82, 2.24) is 9.97 Å². The molecule has 7 heteroatoms. The standard InChI is InChI=1S/C25H22N4O2S/c1-31-20-11-19(13-27-14-20)29-24(23(26)12-18-9-5-6-10-28-18)25(30)22-16-32-15-21(22)17-7-3-2-4-8-17/h2-16,24,29H,26H2,1H3. The lowest BCUT2D eigenvalue weighted by atomic mass is 9.96. The zero-order chi connectivity index (χ0) is 22.3. The molecule has 1 unspecified atom stereocenters. The molecule has 32 heavy (non-hydrogen) atoms. The number of Topliss-reactive ketones (excluding diaryl/α,β-unsaturated/α-hetero) is 1. The van der Waals surface area contributed by atoms with Crippen molar-refractivity contribution in [3.8, 4) is 16.9 Å². The van der Waals surface area contributed by atoms with Crippen LogP contribution >= 0.6 is 11.3 Å². The topological polar surface area (TPSA) is 90.1 Å². The Kier molecular flexibility index (Phi) is 6.57. The van der Waals surface area contributed by atoms with Gasteiger partial charge in [0.1, 0.15) is 11.8 Å². The second-order valence-electron chi connectivity index (χ2n) is 7.02. The summed E-state index contributed by atoms with van der Waals surface area (Å²) in [5.74, 6) is 0.437. The van der Waals surface area contributed by atoms with Crippen LogP contribution in [0.3, 0.4) is 0 Å². The lowest BCUT2D eigenvalue weighted by molar-refractivity contribution is 0.0982. The number of pyridine rings is 2. The molecule has 3 aromatic heterocycles. The maximum atomic E-state index is 13.7. The minimum atomic E-state index is -0.817. The number of hydrogen-bond donors (Lipinski definition) is 2. The van der Waals surface area contributed by atoms with Gasteiger partial charge in [-0.15, -0.1) is 0 Å². The first-order valence-corrected chi connectivity index (χ1v) is 10.9. The van der Waals surface area contributed by atoms with Gasteiger partial charge in [-0.25, -0.2) is 0 Å². The summed E-state index contributed by atoms with van der Waals surface area (Å²) in [6.45, 7) is 0. The maximum absolute atomic E-state index is 13.7. The predicted molar refractivity (Wildman–Crippen MR) is 129 cm³/mol. The van der Waals surface area contributed by atoms with Crippen LogP contribution in [0.25, 0.3) is 17.2 Å². The third-order valence-electron chi connectivity index (χ3n) is 4.87. The van der Waals surface area contributed by atoms with Gasteiger partial charge in [-0.2, -0.15) is 11.3 Å². The molecule has 6 nitrogen and oxygen atoms in total. The van der Waals surface area contributed by atoms with Gasteiger partial charge in [0.05, 0.1) is 30.9 Å². The van der Waals surface area contributed by atoms with E-state index in [-0.39, 0.29) is 5.78 Å². The van der Waals surface area contributed by atoms with Gasteiger partial charge in [-0.3, -0.25) is 14.8 Å². The Morgan fingerprint density at radius 3 is 2.69 bits per heavy atom. The molecule has 0 bridgehead atoms. The summed E-state index contributed by atoms with van der Waals surface area (Å²) in [6, 6.07) is 16.3. The van der Waals surface area contributed by atoms with Crippen LogP contribution < -0.4 is 15.8 Å². The monoisotopic (exact) mass is 442 g/mol. The van der Waals surface area contributed by atoms with Crippen LogP contribution in [0.1, 0.15) is 16.1 Å². The average molecular weight is 443 g/mol. The Hall–Kier alpha value is -3.97. The molecule has 0 radical (unpaired) electrons. The van der Waals surface area contributed by atoms with Gasteiger partial charge in [0, 0.05) is 34.5 Å². The first kappa shape index (κ1) is 21.3. The number of hydrogen-bond acceptors (Lipinski definition) is 7. The summed E-state index contributed by atoms with van der Waals surface area (Å²) in [7, 11) is 1.57. The molecular formula is C25H22N4O2S. The van der Waals surface area contributed by atoms with Crippen LogP contribution in [0.4, 0.5) is 5.69 Å². The zero-order valence-electron chi connectivity index (χ0n) is 17.4. The van der Waals surface area contributed by atoms with Crippen molar-refractivity contribution in [2.75, 3.05) is 12.4 Å². The van der Waals surface area contributed by atoms with E-state index < -0.39 is 6.04 Å². The second kappa shape index (κ2) is 9.89. The van der Waals surface area contributed by atoms with Gasteiger partial charge in [0.2, 0.25) is 0 Å². The number of nitrogens with two attached hydrogens (primary N) is 1. The number of thiophene rings is 1. The van der Waals surface area contributed by atoms with E-state index in [9.17, 15) is 4.79 Å². The molecule has 0 aliphatic carbocycles. The van der Waals surface area contributed by atoms with Crippen LogP contribution in [0, 0.1) is 0 Å². The van der Waals surface area contributed by atoms with Gasteiger partial charge >= 0.3 is 0 Å². The first-order chi connectivity index (χ1) is 15.7. The van der Waals surface area contributed by atoms with Gasteiger partial charge in [-0.1, -0.05) is 36.4 Å². The molecular weight excluding hydrogens is 420 g/mol. The SMILES string of the molecule is COc1cncc(NC(C(=O)c2cscc2-c2ccccc2)C(N)=Cc2ccccn2)c1. The molecule has 0 amide bonds. The van der Waals surface area contributed by atoms with Gasteiger partial charge < -0.3 is 15.8 Å². The molecule has 1 aromatic carbocycles. The highest BCUT2D eigenvalue weighted by Gasteiger charge is 2.26. The van der Waals surface area contributed by atoms with E-state index in [1.165, 1.54) is 11.3 Å². The zero-order valence-corrected chi connectivity index (χ0v) is 18.3. The number of ether oxygens (including phenoxy) is 1. The molecule has 3 N–H and O–H groups in total. The van der Waals surface area contributed by atoms with Crippen molar-refractivity contribution < 1.29 is 9.53 Å². The van der Waals surface area contributed by atoms with Crippen LogP contribution in [0.15, 0.2) is 89.6 Å². The minimum Gasteiger partial charge on any atom is -0.495 e. The van der Waals surface area contributed by atoms with Gasteiger partial charge in [0.15, 0.2) is 5.78 Å². The van der Waals surface area contributed by atoms with E-state index in [1.807, 2.05) is 59.3 Å². The van der Waals surface area contributed by atoms with Crippen molar-refractivity contribution in [1.29, 1.82) is 0 Å². The summed E-state index contributed by atoms with van der Waals surface area (Å²) < 4.78 is 5.26. The van der Waals surface area contributed by atoms with Crippen molar-refractivity contribution in [3.63, 3.8) is 0 Å². The molecule has 0 fully saturated rings. The maximum Gasteiger partial charge on any atom is 0.192 e. The molecule has 0 spiro atoms. The Morgan fingerprint density at radius 2 is 1.94 bits per heavy atom. The highest BCUT2D eigenvalue weighted by Crippen LogP contribution is 2.30. The number of rotatable bonds is 8. The van der Waals surface area contributed by atoms with Crippen LogP contribution in [0.5, 0.6) is 5.75 Å². The number of nitrogens with zero attached hydrogens (tertiary/aromatic N) is 2. The van der Waals surface area contributed by atoms with Crippen molar-refractivity contribution in [2.24, 2.45) is 5.73 Å². The Labute approximate surface area is 190 Å². The number of aromatic nitrogens is 2. The van der Waals surface area contributed by atoms with E-state index in [0.29, 0.717) is 28.4 Å². The van der Waals surface area contributed by atoms with Crippen LogP contribution in [-0.4, -0.2) is 28.9 Å². The van der Waals surface area contributed by atoms with E-state index in [0.717, 1.165) is 11.1 Å². The van der Waals surface area contributed by atoms with Crippen LogP contribution in [-0.2, 0) is 0 Å². The normalized spacial score (nSPS) is 12.2. The molecule has 160 valence electrons. The van der Waals surface area contributed by atoms with Crippen molar-refractivity contribution in [2.45, 2.75) is 6.04 Å². The third-order valence-corrected chi connectivity index (χ3v) is 5.61. The van der Waals surface area contributed by atoms with Gasteiger partial charge in [-0.05, 0) is 29.2 Å². The number of carbonyl (C=O) groups is 1. The lowest BCUT2D eigenvalue weighted by Gasteiger charge is -2.20. The molecule has 1 atom stereocenters. The minimum absolute atomic E-state index is 0.141. The Morgan fingerprint density at radius 1 is 1.12 bits per heavy atom. The smallest absolute Gasteiger partial charge is 0.192 e.